The third-order valence-corrected chi connectivity index (χ3v) is 4.20. The molecule has 2 unspecified atom stereocenters. The number of carbonyl (C=O) groups is 1. The van der Waals surface area contributed by atoms with E-state index < -0.39 is 0 Å². The Labute approximate surface area is 150 Å². The van der Waals surface area contributed by atoms with Gasteiger partial charge in [0.1, 0.15) is 6.04 Å². The number of nitrogens with one attached hydrogen (secondary N) is 1. The van der Waals surface area contributed by atoms with Crippen molar-refractivity contribution in [3.8, 4) is 11.4 Å². The van der Waals surface area contributed by atoms with E-state index in [0.29, 0.717) is 18.1 Å². The lowest BCUT2D eigenvalue weighted by Crippen LogP contribution is -2.34. The fourth-order valence-corrected chi connectivity index (χ4v) is 2.65. The zero-order valence-electron chi connectivity index (χ0n) is 16.1. The summed E-state index contributed by atoms with van der Waals surface area (Å²) >= 11 is 0. The monoisotopic (exact) mass is 343 g/mol. The molecule has 2 atom stereocenters. The van der Waals surface area contributed by atoms with E-state index in [4.69, 9.17) is 4.52 Å². The molecular weight excluding hydrogens is 314 g/mol. The van der Waals surface area contributed by atoms with Crippen LogP contribution in [-0.2, 0) is 4.79 Å². The summed E-state index contributed by atoms with van der Waals surface area (Å²) in [5.74, 6) is 1.23. The van der Waals surface area contributed by atoms with Gasteiger partial charge < -0.3 is 9.84 Å². The summed E-state index contributed by atoms with van der Waals surface area (Å²) in [5, 5.41) is 7.19. The van der Waals surface area contributed by atoms with Crippen LogP contribution in [-0.4, -0.2) is 16.0 Å². The Bertz CT molecular complexity index is 716. The maximum absolute atomic E-state index is 12.4. The van der Waals surface area contributed by atoms with Crippen LogP contribution < -0.4 is 5.32 Å². The molecule has 0 fully saturated rings. The number of hydrogen-bond donors (Lipinski definition) is 1. The first-order chi connectivity index (χ1) is 11.7. The van der Waals surface area contributed by atoms with Gasteiger partial charge in [0.15, 0.2) is 0 Å². The molecule has 1 amide bonds. The fourth-order valence-electron chi connectivity index (χ4n) is 2.65. The Hall–Kier alpha value is -2.17. The first-order valence-corrected chi connectivity index (χ1v) is 8.89. The van der Waals surface area contributed by atoms with E-state index in [9.17, 15) is 4.79 Å². The normalized spacial score (nSPS) is 14.2. The minimum atomic E-state index is -0.272. The molecule has 0 aliphatic heterocycles. The summed E-state index contributed by atoms with van der Waals surface area (Å²) in [7, 11) is 0. The van der Waals surface area contributed by atoms with Crippen LogP contribution in [0.3, 0.4) is 0 Å². The minimum absolute atomic E-state index is 0.00751. The number of carbonyl (C=O) groups excluding carboxylic acids is 1. The van der Waals surface area contributed by atoms with E-state index in [-0.39, 0.29) is 23.3 Å². The van der Waals surface area contributed by atoms with Gasteiger partial charge in [-0.25, -0.2) is 0 Å². The van der Waals surface area contributed by atoms with Gasteiger partial charge in [0, 0.05) is 12.0 Å². The summed E-state index contributed by atoms with van der Waals surface area (Å²) in [4.78, 5) is 16.9. The predicted octanol–water partition coefficient (Wildman–Crippen LogP) is 4.68. The molecule has 136 valence electrons. The molecule has 0 saturated carbocycles. The van der Waals surface area contributed by atoms with Crippen molar-refractivity contribution < 1.29 is 9.32 Å². The highest BCUT2D eigenvalue weighted by molar-refractivity contribution is 5.77. The van der Waals surface area contributed by atoms with E-state index in [1.807, 2.05) is 52.0 Å². The van der Waals surface area contributed by atoms with Gasteiger partial charge in [-0.3, -0.25) is 4.79 Å². The Morgan fingerprint density at radius 2 is 2.04 bits per heavy atom. The maximum atomic E-state index is 12.4. The highest BCUT2D eigenvalue weighted by atomic mass is 16.5. The van der Waals surface area contributed by atoms with Crippen molar-refractivity contribution in [2.45, 2.75) is 60.4 Å². The highest BCUT2D eigenvalue weighted by Gasteiger charge is 2.28. The molecule has 25 heavy (non-hydrogen) atoms. The number of rotatable bonds is 6. The second kappa shape index (κ2) is 7.81. The molecule has 0 aliphatic carbocycles. The molecule has 1 heterocycles. The number of aromatic nitrogens is 2. The molecule has 2 rings (SSSR count). The summed E-state index contributed by atoms with van der Waals surface area (Å²) in [6.07, 6.45) is 1.36. The molecule has 0 radical (unpaired) electrons. The molecular formula is C20H29N3O2. The van der Waals surface area contributed by atoms with Gasteiger partial charge in [0.05, 0.1) is 0 Å². The van der Waals surface area contributed by atoms with Crippen molar-refractivity contribution in [3.05, 3.63) is 35.7 Å². The number of hydrogen-bond acceptors (Lipinski definition) is 4. The maximum Gasteiger partial charge on any atom is 0.249 e. The quantitative estimate of drug-likeness (QED) is 0.826. The Morgan fingerprint density at radius 1 is 1.32 bits per heavy atom. The van der Waals surface area contributed by atoms with Gasteiger partial charge in [-0.2, -0.15) is 4.98 Å². The van der Waals surface area contributed by atoms with Crippen LogP contribution in [0, 0.1) is 18.3 Å². The van der Waals surface area contributed by atoms with Crippen molar-refractivity contribution in [3.63, 3.8) is 0 Å². The van der Waals surface area contributed by atoms with Gasteiger partial charge in [-0.15, -0.1) is 0 Å². The van der Waals surface area contributed by atoms with Crippen LogP contribution in [0.1, 0.15) is 65.0 Å². The van der Waals surface area contributed by atoms with E-state index in [0.717, 1.165) is 17.5 Å². The van der Waals surface area contributed by atoms with E-state index in [1.165, 1.54) is 0 Å². The van der Waals surface area contributed by atoms with E-state index in [2.05, 4.69) is 29.3 Å². The molecule has 0 saturated heterocycles. The van der Waals surface area contributed by atoms with Gasteiger partial charge in [0.2, 0.25) is 17.6 Å². The van der Waals surface area contributed by atoms with Crippen LogP contribution in [0.4, 0.5) is 0 Å². The summed E-state index contributed by atoms with van der Waals surface area (Å²) in [6.45, 7) is 12.3. The van der Waals surface area contributed by atoms with Crippen LogP contribution >= 0.6 is 0 Å². The standard InChI is InChI=1S/C20H29N3O2/c1-7-14(3)17(21-16(24)12-20(4,5)6)19-22-18(23-25-19)15-10-8-9-13(2)11-15/h8-11,14,17H,7,12H2,1-6H3,(H,21,24). The van der Waals surface area contributed by atoms with E-state index in [1.54, 1.807) is 0 Å². The SMILES string of the molecule is CCC(C)C(NC(=O)CC(C)(C)C)c1nc(-c2cccc(C)c2)no1. The van der Waals surface area contributed by atoms with Crippen LogP contribution in [0.5, 0.6) is 0 Å². The highest BCUT2D eigenvalue weighted by Crippen LogP contribution is 2.27. The first kappa shape index (κ1) is 19.2. The lowest BCUT2D eigenvalue weighted by atomic mass is 9.91. The number of benzene rings is 1. The first-order valence-electron chi connectivity index (χ1n) is 8.89. The Morgan fingerprint density at radius 3 is 2.64 bits per heavy atom. The van der Waals surface area contributed by atoms with Crippen molar-refractivity contribution in [2.75, 3.05) is 0 Å². The molecule has 5 heteroatoms. The van der Waals surface area contributed by atoms with Gasteiger partial charge >= 0.3 is 0 Å². The number of nitrogens with zero attached hydrogens (tertiary/aromatic N) is 2. The molecule has 1 aromatic carbocycles. The molecule has 1 N–H and O–H groups in total. The van der Waals surface area contributed by atoms with Crippen LogP contribution in [0.15, 0.2) is 28.8 Å². The Kier molecular flexibility index (Phi) is 5.98. The molecule has 2 aromatic rings. The van der Waals surface area contributed by atoms with Gasteiger partial charge in [0.25, 0.3) is 0 Å². The average Bonchev–Trinajstić information content (AvgIpc) is 3.00. The summed E-state index contributed by atoms with van der Waals surface area (Å²) < 4.78 is 5.50. The smallest absolute Gasteiger partial charge is 0.249 e. The number of aryl methyl sites for hydroxylation is 1. The molecule has 1 aromatic heterocycles. The lowest BCUT2D eigenvalue weighted by molar-refractivity contribution is -0.124. The van der Waals surface area contributed by atoms with E-state index >= 15 is 0 Å². The second-order valence-corrected chi connectivity index (χ2v) is 7.99. The molecule has 0 spiro atoms. The van der Waals surface area contributed by atoms with Crippen molar-refractivity contribution in [1.82, 2.24) is 15.5 Å². The summed E-state index contributed by atoms with van der Waals surface area (Å²) in [6, 6.07) is 7.70. The van der Waals surface area contributed by atoms with Crippen LogP contribution in [0.2, 0.25) is 0 Å². The van der Waals surface area contributed by atoms with Gasteiger partial charge in [-0.1, -0.05) is 70.0 Å². The lowest BCUT2D eigenvalue weighted by Gasteiger charge is -2.23. The predicted molar refractivity (Wildman–Crippen MR) is 98.9 cm³/mol. The second-order valence-electron chi connectivity index (χ2n) is 7.99. The zero-order chi connectivity index (χ0) is 18.6. The molecule has 0 bridgehead atoms. The van der Waals surface area contributed by atoms with Crippen molar-refractivity contribution >= 4 is 5.91 Å². The third-order valence-electron chi connectivity index (χ3n) is 4.20. The average molecular weight is 343 g/mol. The molecule has 5 nitrogen and oxygen atoms in total. The topological polar surface area (TPSA) is 68.0 Å². The zero-order valence-corrected chi connectivity index (χ0v) is 16.1. The Balaban J connectivity index is 2.23. The minimum Gasteiger partial charge on any atom is -0.344 e. The largest absolute Gasteiger partial charge is 0.344 e. The third kappa shape index (κ3) is 5.41. The molecule has 0 aliphatic rings. The van der Waals surface area contributed by atoms with Crippen LogP contribution in [0.25, 0.3) is 11.4 Å². The van der Waals surface area contributed by atoms with Gasteiger partial charge in [-0.05, 0) is 24.3 Å². The number of amides is 1. The van der Waals surface area contributed by atoms with Crippen molar-refractivity contribution in [2.24, 2.45) is 11.3 Å². The fraction of sp³-hybridized carbons (Fsp3) is 0.550. The summed E-state index contributed by atoms with van der Waals surface area (Å²) in [5.41, 5.74) is 1.99. The van der Waals surface area contributed by atoms with Crippen molar-refractivity contribution in [1.29, 1.82) is 0 Å².